The van der Waals surface area contributed by atoms with Crippen molar-refractivity contribution in [3.05, 3.63) is 41.5 Å². The summed E-state index contributed by atoms with van der Waals surface area (Å²) in [6.07, 6.45) is 5.17. The molecule has 0 aromatic heterocycles. The number of rotatable bonds is 1. The number of hydrogen-bond acceptors (Lipinski definition) is 5. The van der Waals surface area contributed by atoms with E-state index in [4.69, 9.17) is 4.74 Å². The van der Waals surface area contributed by atoms with Crippen LogP contribution in [0.25, 0.3) is 0 Å². The van der Waals surface area contributed by atoms with Crippen LogP contribution in [0, 0.1) is 11.3 Å². The zero-order chi connectivity index (χ0) is 18.1. The van der Waals surface area contributed by atoms with Crippen LogP contribution in [-0.4, -0.2) is 49.1 Å². The number of piperidine rings is 2. The number of carbonyl (C=O) groups excluding carboxylic acids is 2. The molecule has 5 rings (SSSR count). The van der Waals surface area contributed by atoms with Crippen molar-refractivity contribution in [2.24, 2.45) is 16.3 Å². The average molecular weight is 350 g/mol. The van der Waals surface area contributed by atoms with Crippen LogP contribution in [-0.2, 0) is 19.7 Å². The third kappa shape index (κ3) is 1.55. The second-order valence-electron chi connectivity index (χ2n) is 7.79. The molecule has 3 aliphatic heterocycles. The number of ether oxygens (including phenoxy) is 1. The van der Waals surface area contributed by atoms with Crippen LogP contribution in [0.3, 0.4) is 0 Å². The number of para-hydroxylation sites is 1. The molecule has 5 heteroatoms. The number of hydrogen-bond donors (Lipinski definition) is 0. The van der Waals surface area contributed by atoms with Gasteiger partial charge in [0.25, 0.3) is 0 Å². The zero-order valence-electron chi connectivity index (χ0n) is 15.1. The average Bonchev–Trinajstić information content (AvgIpc) is 2.68. The number of benzene rings is 1. The summed E-state index contributed by atoms with van der Waals surface area (Å²) < 4.78 is 5.32. The number of fused-ring (bicyclic) bond motifs is 3. The van der Waals surface area contributed by atoms with E-state index in [1.165, 1.54) is 12.7 Å². The molecule has 0 radical (unpaired) electrons. The predicted molar refractivity (Wildman–Crippen MR) is 97.6 cm³/mol. The number of carbonyl (C=O) groups is 2. The molecule has 1 saturated carbocycles. The van der Waals surface area contributed by atoms with Gasteiger partial charge in [-0.25, -0.2) is 0 Å². The number of nitrogens with zero attached hydrogens (tertiary/aromatic N) is 2. The van der Waals surface area contributed by atoms with E-state index in [1.807, 2.05) is 31.2 Å². The standard InChI is InChI=1S/C21H22N2O3/c1-3-13-11-23-9-8-20-14-6-4-5-7-16(14)22-12-21(20,19(25)26-2)15(13)10-17(23)18(20)24/h3-7,12,15,17H,8-11H2,1-2H3/t15-,17+,20+,21-/m0/s1. The molecular weight excluding hydrogens is 328 g/mol. The molecule has 1 aliphatic carbocycles. The molecule has 0 amide bonds. The van der Waals surface area contributed by atoms with E-state index in [0.29, 0.717) is 12.8 Å². The summed E-state index contributed by atoms with van der Waals surface area (Å²) in [4.78, 5) is 34.1. The Morgan fingerprint density at radius 1 is 1.38 bits per heavy atom. The van der Waals surface area contributed by atoms with Gasteiger partial charge in [-0.3, -0.25) is 19.5 Å². The fourth-order valence-corrected chi connectivity index (χ4v) is 6.03. The van der Waals surface area contributed by atoms with Gasteiger partial charge in [-0.05, 0) is 31.4 Å². The van der Waals surface area contributed by atoms with E-state index in [0.717, 1.165) is 24.3 Å². The largest absolute Gasteiger partial charge is 0.468 e. The van der Waals surface area contributed by atoms with Crippen molar-refractivity contribution in [1.82, 2.24) is 4.90 Å². The summed E-state index contributed by atoms with van der Waals surface area (Å²) >= 11 is 0. The summed E-state index contributed by atoms with van der Waals surface area (Å²) in [6, 6.07) is 7.67. The predicted octanol–water partition coefficient (Wildman–Crippen LogP) is 2.42. The lowest BCUT2D eigenvalue weighted by Crippen LogP contribution is -2.75. The summed E-state index contributed by atoms with van der Waals surface area (Å²) in [5.41, 5.74) is 0.990. The van der Waals surface area contributed by atoms with Gasteiger partial charge in [-0.15, -0.1) is 0 Å². The van der Waals surface area contributed by atoms with Crippen molar-refractivity contribution in [2.75, 3.05) is 20.2 Å². The summed E-state index contributed by atoms with van der Waals surface area (Å²) in [7, 11) is 1.42. The Hall–Kier alpha value is -2.27. The van der Waals surface area contributed by atoms with E-state index in [1.54, 1.807) is 6.21 Å². The Balaban J connectivity index is 1.88. The van der Waals surface area contributed by atoms with Crippen molar-refractivity contribution < 1.29 is 14.3 Å². The Labute approximate surface area is 152 Å². The van der Waals surface area contributed by atoms with Gasteiger partial charge in [0.2, 0.25) is 0 Å². The second kappa shape index (κ2) is 5.13. The van der Waals surface area contributed by atoms with E-state index >= 15 is 0 Å². The van der Waals surface area contributed by atoms with Gasteiger partial charge in [0, 0.05) is 25.2 Å². The smallest absolute Gasteiger partial charge is 0.319 e. The Kier molecular flexibility index (Phi) is 3.15. The van der Waals surface area contributed by atoms with Crippen LogP contribution < -0.4 is 0 Å². The van der Waals surface area contributed by atoms with E-state index in [2.05, 4.69) is 16.0 Å². The van der Waals surface area contributed by atoms with Gasteiger partial charge in [0.15, 0.2) is 5.78 Å². The molecule has 3 heterocycles. The quantitative estimate of drug-likeness (QED) is 0.577. The highest BCUT2D eigenvalue weighted by atomic mass is 16.5. The van der Waals surface area contributed by atoms with Gasteiger partial charge in [-0.2, -0.15) is 0 Å². The van der Waals surface area contributed by atoms with Crippen molar-refractivity contribution in [2.45, 2.75) is 31.2 Å². The van der Waals surface area contributed by atoms with Gasteiger partial charge in [-0.1, -0.05) is 29.8 Å². The molecule has 0 unspecified atom stereocenters. The van der Waals surface area contributed by atoms with E-state index in [-0.39, 0.29) is 23.7 Å². The number of methoxy groups -OCH3 is 1. The summed E-state index contributed by atoms with van der Waals surface area (Å²) in [5, 5.41) is 0. The lowest BCUT2D eigenvalue weighted by molar-refractivity contribution is -0.172. The van der Waals surface area contributed by atoms with Crippen LogP contribution in [0.2, 0.25) is 0 Å². The molecule has 26 heavy (non-hydrogen) atoms. The van der Waals surface area contributed by atoms with Crippen molar-refractivity contribution in [3.63, 3.8) is 0 Å². The van der Waals surface area contributed by atoms with Crippen LogP contribution >= 0.6 is 0 Å². The van der Waals surface area contributed by atoms with Crippen molar-refractivity contribution in [3.8, 4) is 0 Å². The number of allylic oxidation sites excluding steroid dienone is 1. The monoisotopic (exact) mass is 350 g/mol. The van der Waals surface area contributed by atoms with Crippen LogP contribution in [0.4, 0.5) is 5.69 Å². The lowest BCUT2D eigenvalue weighted by atomic mass is 9.42. The highest BCUT2D eigenvalue weighted by molar-refractivity contribution is 6.13. The first-order valence-corrected chi connectivity index (χ1v) is 9.26. The Morgan fingerprint density at radius 2 is 2.19 bits per heavy atom. The van der Waals surface area contributed by atoms with E-state index in [9.17, 15) is 9.59 Å². The highest BCUT2D eigenvalue weighted by Gasteiger charge is 2.73. The van der Waals surface area contributed by atoms with Crippen molar-refractivity contribution >= 4 is 23.7 Å². The normalized spacial score (nSPS) is 38.8. The van der Waals surface area contributed by atoms with Gasteiger partial charge >= 0.3 is 5.97 Å². The first-order valence-electron chi connectivity index (χ1n) is 9.26. The fraction of sp³-hybridized carbons (Fsp3) is 0.476. The Bertz CT molecular complexity index is 889. The first-order chi connectivity index (χ1) is 12.6. The second-order valence-corrected chi connectivity index (χ2v) is 7.79. The minimum atomic E-state index is -1.04. The van der Waals surface area contributed by atoms with Crippen LogP contribution in [0.5, 0.6) is 0 Å². The van der Waals surface area contributed by atoms with Crippen LogP contribution in [0.1, 0.15) is 25.3 Å². The molecule has 2 saturated heterocycles. The van der Waals surface area contributed by atoms with Crippen molar-refractivity contribution in [1.29, 1.82) is 0 Å². The minimum absolute atomic E-state index is 0.0451. The maximum atomic E-state index is 13.8. The molecule has 4 atom stereocenters. The van der Waals surface area contributed by atoms with Crippen LogP contribution in [0.15, 0.2) is 40.9 Å². The number of aliphatic imine (C=N–C) groups is 1. The SMILES string of the molecule is CC=C1CN2CC[C@@]34C(=O)[C@H]2C[C@@H]1[C@]3(C(=O)OC)C=Nc1ccccc14. The molecular formula is C21H22N2O3. The maximum absolute atomic E-state index is 13.8. The maximum Gasteiger partial charge on any atom is 0.319 e. The van der Waals surface area contributed by atoms with Gasteiger partial charge < -0.3 is 4.74 Å². The third-order valence-corrected chi connectivity index (χ3v) is 7.15. The molecule has 5 nitrogen and oxygen atoms in total. The summed E-state index contributed by atoms with van der Waals surface area (Å²) in [6.45, 7) is 3.58. The molecule has 1 aromatic carbocycles. The molecule has 3 bridgehead atoms. The number of ketones is 1. The zero-order valence-corrected chi connectivity index (χ0v) is 15.1. The number of Topliss-reactive ketones (excluding diaryl/α,β-unsaturated/α-hetero) is 1. The van der Waals surface area contributed by atoms with Gasteiger partial charge in [0.1, 0.15) is 5.41 Å². The summed E-state index contributed by atoms with van der Waals surface area (Å²) in [5.74, 6) is -0.210. The molecule has 134 valence electrons. The molecule has 0 N–H and O–H groups in total. The third-order valence-electron chi connectivity index (χ3n) is 7.15. The lowest BCUT2D eigenvalue weighted by Gasteiger charge is -2.64. The highest BCUT2D eigenvalue weighted by Crippen LogP contribution is 2.64. The molecule has 1 aromatic rings. The fourth-order valence-electron chi connectivity index (χ4n) is 6.03. The topological polar surface area (TPSA) is 59.0 Å². The first kappa shape index (κ1) is 15.9. The molecule has 4 aliphatic rings. The van der Waals surface area contributed by atoms with E-state index < -0.39 is 10.8 Å². The molecule has 3 fully saturated rings. The number of esters is 1. The molecule has 1 spiro atoms. The van der Waals surface area contributed by atoms with Gasteiger partial charge in [0.05, 0.1) is 24.3 Å². The minimum Gasteiger partial charge on any atom is -0.468 e. The Morgan fingerprint density at radius 3 is 2.96 bits per heavy atom.